The number of nitrogens with one attached hydrogen (secondary N) is 2. The van der Waals surface area contributed by atoms with Crippen molar-refractivity contribution in [3.8, 4) is 0 Å². The molecule has 124 valence electrons. The molecule has 0 aliphatic heterocycles. The first-order chi connectivity index (χ1) is 9.97. The topological polar surface area (TPSA) is 54.9 Å². The van der Waals surface area contributed by atoms with Crippen LogP contribution in [0.1, 0.15) is 46.5 Å². The van der Waals surface area contributed by atoms with Crippen LogP contribution in [0.25, 0.3) is 0 Å². The van der Waals surface area contributed by atoms with Crippen LogP contribution in [0.15, 0.2) is 4.99 Å². The number of aliphatic imine (C=N–C) groups is 1. The Balaban J connectivity index is 2.51. The van der Waals surface area contributed by atoms with Gasteiger partial charge in [0.05, 0.1) is 12.1 Å². The summed E-state index contributed by atoms with van der Waals surface area (Å²) in [6, 6.07) is 0. The molecule has 1 aliphatic carbocycles. The Morgan fingerprint density at radius 1 is 1.24 bits per heavy atom. The Labute approximate surface area is 129 Å². The third kappa shape index (κ3) is 6.22. The first kappa shape index (κ1) is 18.2. The van der Waals surface area contributed by atoms with Crippen molar-refractivity contribution >= 4 is 5.96 Å². The van der Waals surface area contributed by atoms with E-state index in [1.54, 1.807) is 14.2 Å². The van der Waals surface area contributed by atoms with Crippen molar-refractivity contribution in [2.45, 2.75) is 52.1 Å². The summed E-state index contributed by atoms with van der Waals surface area (Å²) in [7, 11) is 3.50. The normalized spacial score (nSPS) is 18.2. The molecule has 0 unspecified atom stereocenters. The van der Waals surface area contributed by atoms with E-state index in [-0.39, 0.29) is 5.60 Å². The fraction of sp³-hybridized carbons (Fsp3) is 0.938. The highest BCUT2D eigenvalue weighted by molar-refractivity contribution is 5.79. The molecule has 0 saturated heterocycles. The number of hydrogen-bond acceptors (Lipinski definition) is 3. The highest BCUT2D eigenvalue weighted by atomic mass is 16.5. The summed E-state index contributed by atoms with van der Waals surface area (Å²) >= 11 is 0. The van der Waals surface area contributed by atoms with Gasteiger partial charge >= 0.3 is 0 Å². The second-order valence-corrected chi connectivity index (χ2v) is 6.61. The van der Waals surface area contributed by atoms with Gasteiger partial charge in [-0.25, -0.2) is 0 Å². The molecule has 5 heteroatoms. The van der Waals surface area contributed by atoms with Crippen LogP contribution in [0.3, 0.4) is 0 Å². The molecule has 0 aromatic rings. The number of methoxy groups -OCH3 is 2. The summed E-state index contributed by atoms with van der Waals surface area (Å²) in [6.45, 7) is 9.50. The standard InChI is InChI=1S/C16H33N3O2/c1-6-17-14(18-12-15(2,3)21-5)19-13-16(8-7-9-16)10-11-20-4/h6-13H2,1-5H3,(H2,17,18,19). The molecule has 0 aromatic heterocycles. The molecule has 0 spiro atoms. The Bertz CT molecular complexity index is 325. The van der Waals surface area contributed by atoms with Gasteiger partial charge in [-0.3, -0.25) is 4.99 Å². The van der Waals surface area contributed by atoms with E-state index in [9.17, 15) is 0 Å². The minimum atomic E-state index is -0.230. The molecule has 21 heavy (non-hydrogen) atoms. The molecule has 1 saturated carbocycles. The van der Waals surface area contributed by atoms with Gasteiger partial charge in [-0.15, -0.1) is 0 Å². The Morgan fingerprint density at radius 2 is 1.95 bits per heavy atom. The highest BCUT2D eigenvalue weighted by Crippen LogP contribution is 2.43. The predicted molar refractivity (Wildman–Crippen MR) is 87.8 cm³/mol. The maximum absolute atomic E-state index is 5.42. The lowest BCUT2D eigenvalue weighted by atomic mass is 9.67. The van der Waals surface area contributed by atoms with Crippen LogP contribution in [-0.2, 0) is 9.47 Å². The van der Waals surface area contributed by atoms with Crippen molar-refractivity contribution in [1.29, 1.82) is 0 Å². The average molecular weight is 299 g/mol. The van der Waals surface area contributed by atoms with Gasteiger partial charge in [0, 0.05) is 33.9 Å². The second kappa shape index (κ2) is 8.59. The van der Waals surface area contributed by atoms with Gasteiger partial charge in [0.25, 0.3) is 0 Å². The van der Waals surface area contributed by atoms with Gasteiger partial charge < -0.3 is 20.1 Å². The first-order valence-electron chi connectivity index (χ1n) is 8.03. The molecule has 2 N–H and O–H groups in total. The van der Waals surface area contributed by atoms with E-state index in [2.05, 4.69) is 22.5 Å². The molecule has 0 bridgehead atoms. The molecule has 0 atom stereocenters. The van der Waals surface area contributed by atoms with Crippen molar-refractivity contribution in [3.63, 3.8) is 0 Å². The van der Waals surface area contributed by atoms with Crippen LogP contribution in [0.4, 0.5) is 0 Å². The van der Waals surface area contributed by atoms with E-state index in [0.717, 1.165) is 32.1 Å². The average Bonchev–Trinajstić information content (AvgIpc) is 2.43. The maximum Gasteiger partial charge on any atom is 0.191 e. The van der Waals surface area contributed by atoms with Gasteiger partial charge in [0.2, 0.25) is 0 Å². The molecule has 1 aliphatic rings. The lowest BCUT2D eigenvalue weighted by molar-refractivity contribution is 0.0310. The monoisotopic (exact) mass is 299 g/mol. The van der Waals surface area contributed by atoms with Crippen molar-refractivity contribution < 1.29 is 9.47 Å². The molecule has 5 nitrogen and oxygen atoms in total. The van der Waals surface area contributed by atoms with Crippen LogP contribution in [0.5, 0.6) is 0 Å². The van der Waals surface area contributed by atoms with Crippen LogP contribution in [0, 0.1) is 5.41 Å². The van der Waals surface area contributed by atoms with Crippen LogP contribution in [-0.4, -0.2) is 52.0 Å². The zero-order chi connectivity index (χ0) is 15.8. The molecule has 0 aromatic carbocycles. The van der Waals surface area contributed by atoms with E-state index in [0.29, 0.717) is 12.0 Å². The van der Waals surface area contributed by atoms with Crippen LogP contribution < -0.4 is 10.6 Å². The second-order valence-electron chi connectivity index (χ2n) is 6.61. The largest absolute Gasteiger partial charge is 0.385 e. The van der Waals surface area contributed by atoms with Gasteiger partial charge in [0.1, 0.15) is 0 Å². The van der Waals surface area contributed by atoms with Crippen molar-refractivity contribution in [2.24, 2.45) is 10.4 Å². The fourth-order valence-electron chi connectivity index (χ4n) is 2.46. The number of rotatable bonds is 9. The maximum atomic E-state index is 5.42. The molecule has 0 heterocycles. The number of nitrogens with zero attached hydrogens (tertiary/aromatic N) is 1. The minimum absolute atomic E-state index is 0.230. The third-order valence-electron chi connectivity index (χ3n) is 4.40. The van der Waals surface area contributed by atoms with E-state index in [1.165, 1.54) is 19.3 Å². The smallest absolute Gasteiger partial charge is 0.191 e. The zero-order valence-electron chi connectivity index (χ0n) is 14.4. The fourth-order valence-corrected chi connectivity index (χ4v) is 2.46. The molecular formula is C16H33N3O2. The molecular weight excluding hydrogens is 266 g/mol. The summed E-state index contributed by atoms with van der Waals surface area (Å²) in [4.78, 5) is 4.64. The molecule has 0 amide bonds. The van der Waals surface area contributed by atoms with Gasteiger partial charge in [-0.05, 0) is 45.4 Å². The molecule has 1 rings (SSSR count). The first-order valence-corrected chi connectivity index (χ1v) is 8.03. The Hall–Kier alpha value is -0.810. The number of guanidine groups is 1. The lowest BCUT2D eigenvalue weighted by Crippen LogP contribution is -2.47. The number of hydrogen-bond donors (Lipinski definition) is 2. The van der Waals surface area contributed by atoms with Crippen LogP contribution >= 0.6 is 0 Å². The Kier molecular flexibility index (Phi) is 7.46. The van der Waals surface area contributed by atoms with Crippen molar-refractivity contribution in [1.82, 2.24) is 10.6 Å². The predicted octanol–water partition coefficient (Wildman–Crippen LogP) is 2.17. The van der Waals surface area contributed by atoms with Gasteiger partial charge in [-0.2, -0.15) is 0 Å². The lowest BCUT2D eigenvalue weighted by Gasteiger charge is -2.42. The van der Waals surface area contributed by atoms with Crippen molar-refractivity contribution in [2.75, 3.05) is 40.5 Å². The van der Waals surface area contributed by atoms with E-state index in [4.69, 9.17) is 9.47 Å². The van der Waals surface area contributed by atoms with Gasteiger partial charge in [-0.1, -0.05) is 6.42 Å². The molecule has 0 radical (unpaired) electrons. The Morgan fingerprint density at radius 3 is 2.43 bits per heavy atom. The number of ether oxygens (including phenoxy) is 2. The highest BCUT2D eigenvalue weighted by Gasteiger charge is 2.36. The third-order valence-corrected chi connectivity index (χ3v) is 4.40. The minimum Gasteiger partial charge on any atom is -0.385 e. The van der Waals surface area contributed by atoms with E-state index < -0.39 is 0 Å². The van der Waals surface area contributed by atoms with E-state index in [1.807, 2.05) is 13.8 Å². The summed E-state index contributed by atoms with van der Waals surface area (Å²) in [5.41, 5.74) is 0.162. The summed E-state index contributed by atoms with van der Waals surface area (Å²) < 4.78 is 10.7. The van der Waals surface area contributed by atoms with E-state index >= 15 is 0 Å². The summed E-state index contributed by atoms with van der Waals surface area (Å²) in [5.74, 6) is 0.881. The zero-order valence-corrected chi connectivity index (χ0v) is 14.4. The van der Waals surface area contributed by atoms with Crippen molar-refractivity contribution in [3.05, 3.63) is 0 Å². The summed E-state index contributed by atoms with van der Waals surface area (Å²) in [5, 5.41) is 6.81. The SMILES string of the molecule is CCNC(=NCC(C)(C)OC)NCC1(CCOC)CCC1. The molecule has 1 fully saturated rings. The van der Waals surface area contributed by atoms with Gasteiger partial charge in [0.15, 0.2) is 5.96 Å². The van der Waals surface area contributed by atoms with Crippen LogP contribution in [0.2, 0.25) is 0 Å². The quantitative estimate of drug-likeness (QED) is 0.506. The summed E-state index contributed by atoms with van der Waals surface area (Å²) in [6.07, 6.45) is 5.02.